The second kappa shape index (κ2) is 12.0. The van der Waals surface area contributed by atoms with E-state index in [1.54, 1.807) is 12.1 Å². The van der Waals surface area contributed by atoms with Crippen LogP contribution in [0.15, 0.2) is 35.8 Å². The lowest BCUT2D eigenvalue weighted by atomic mass is 10.2. The molecular formula is C21H31FIN7O. The van der Waals surface area contributed by atoms with E-state index >= 15 is 0 Å². The van der Waals surface area contributed by atoms with Crippen molar-refractivity contribution in [1.82, 2.24) is 29.9 Å². The molecule has 170 valence electrons. The maximum absolute atomic E-state index is 14.0. The monoisotopic (exact) mass is 543 g/mol. The molecule has 1 aromatic heterocycles. The minimum absolute atomic E-state index is 0. The van der Waals surface area contributed by atoms with Crippen molar-refractivity contribution in [3.63, 3.8) is 0 Å². The first-order chi connectivity index (χ1) is 14.5. The van der Waals surface area contributed by atoms with Gasteiger partial charge in [-0.3, -0.25) is 4.90 Å². The van der Waals surface area contributed by atoms with Crippen LogP contribution in [0.5, 0.6) is 5.75 Å². The van der Waals surface area contributed by atoms with Crippen LogP contribution in [0.2, 0.25) is 0 Å². The van der Waals surface area contributed by atoms with Gasteiger partial charge in [0.25, 0.3) is 0 Å². The molecule has 0 amide bonds. The van der Waals surface area contributed by atoms with Gasteiger partial charge in [-0.05, 0) is 24.6 Å². The third kappa shape index (κ3) is 6.63. The maximum Gasteiger partial charge on any atom is 0.194 e. The van der Waals surface area contributed by atoms with Gasteiger partial charge in [-0.25, -0.2) is 9.38 Å². The number of ether oxygens (including phenoxy) is 1. The van der Waals surface area contributed by atoms with Crippen molar-refractivity contribution in [3.05, 3.63) is 53.9 Å². The summed E-state index contributed by atoms with van der Waals surface area (Å²) in [5.74, 6) is 2.48. The Morgan fingerprint density at radius 3 is 2.61 bits per heavy atom. The summed E-state index contributed by atoms with van der Waals surface area (Å²) in [4.78, 5) is 9.30. The summed E-state index contributed by atoms with van der Waals surface area (Å²) in [6.45, 7) is 10.9. The zero-order valence-corrected chi connectivity index (χ0v) is 20.7. The van der Waals surface area contributed by atoms with Gasteiger partial charge in [0.05, 0.1) is 7.11 Å². The first-order valence-corrected chi connectivity index (χ1v) is 10.1. The Labute approximate surface area is 200 Å². The van der Waals surface area contributed by atoms with Crippen LogP contribution < -0.4 is 10.1 Å². The number of nitrogens with one attached hydrogen (secondary N) is 1. The van der Waals surface area contributed by atoms with E-state index in [0.29, 0.717) is 19.6 Å². The smallest absolute Gasteiger partial charge is 0.194 e. The van der Waals surface area contributed by atoms with Crippen LogP contribution in [-0.4, -0.2) is 70.4 Å². The highest BCUT2D eigenvalue weighted by Gasteiger charge is 2.20. The van der Waals surface area contributed by atoms with Crippen molar-refractivity contribution in [2.75, 3.05) is 39.8 Å². The van der Waals surface area contributed by atoms with Gasteiger partial charge in [-0.1, -0.05) is 12.1 Å². The standard InChI is InChI=1S/C21H30FN7O.HI/c1-5-8-23-21(24-14-20-26-25-16(2)27(20)3)29-11-9-28(10-12-29)15-17-6-7-19(30-4)18(22)13-17;/h5-7,13H,1,8-12,14-15H2,2-4H3,(H,23,24);1H. The average Bonchev–Trinajstić information content (AvgIpc) is 3.07. The number of halogens is 2. The predicted octanol–water partition coefficient (Wildman–Crippen LogP) is 2.34. The number of benzene rings is 1. The Kier molecular flexibility index (Phi) is 9.69. The average molecular weight is 543 g/mol. The van der Waals surface area contributed by atoms with Gasteiger partial charge in [0.1, 0.15) is 12.4 Å². The van der Waals surface area contributed by atoms with E-state index in [9.17, 15) is 4.39 Å². The number of aliphatic imine (C=N–C) groups is 1. The van der Waals surface area contributed by atoms with Crippen LogP contribution in [0.4, 0.5) is 4.39 Å². The van der Waals surface area contributed by atoms with Gasteiger partial charge in [-0.2, -0.15) is 0 Å². The number of methoxy groups -OCH3 is 1. The largest absolute Gasteiger partial charge is 0.494 e. The molecule has 0 bridgehead atoms. The quantitative estimate of drug-likeness (QED) is 0.250. The van der Waals surface area contributed by atoms with Crippen LogP contribution in [0, 0.1) is 12.7 Å². The zero-order valence-electron chi connectivity index (χ0n) is 18.3. The Morgan fingerprint density at radius 1 is 1.29 bits per heavy atom. The highest BCUT2D eigenvalue weighted by Crippen LogP contribution is 2.19. The lowest BCUT2D eigenvalue weighted by Gasteiger charge is -2.36. The number of hydrogen-bond acceptors (Lipinski definition) is 5. The van der Waals surface area contributed by atoms with E-state index in [1.165, 1.54) is 7.11 Å². The van der Waals surface area contributed by atoms with Gasteiger partial charge in [0.2, 0.25) is 0 Å². The molecule has 1 aliphatic heterocycles. The highest BCUT2D eigenvalue weighted by molar-refractivity contribution is 14.0. The number of piperazine rings is 1. The third-order valence-electron chi connectivity index (χ3n) is 5.25. The molecule has 0 unspecified atom stereocenters. The normalized spacial score (nSPS) is 14.8. The van der Waals surface area contributed by atoms with Crippen LogP contribution in [0.1, 0.15) is 17.2 Å². The third-order valence-corrected chi connectivity index (χ3v) is 5.25. The van der Waals surface area contributed by atoms with Crippen molar-refractivity contribution >= 4 is 29.9 Å². The molecule has 0 spiro atoms. The first kappa shape index (κ1) is 25.1. The molecule has 0 radical (unpaired) electrons. The van der Waals surface area contributed by atoms with Crippen LogP contribution >= 0.6 is 24.0 Å². The van der Waals surface area contributed by atoms with Gasteiger partial charge in [0, 0.05) is 46.3 Å². The summed E-state index contributed by atoms with van der Waals surface area (Å²) >= 11 is 0. The molecule has 1 N–H and O–H groups in total. The molecular weight excluding hydrogens is 512 g/mol. The topological polar surface area (TPSA) is 70.8 Å². The predicted molar refractivity (Wildman–Crippen MR) is 130 cm³/mol. The molecule has 0 atom stereocenters. The molecule has 1 fully saturated rings. The molecule has 10 heteroatoms. The number of nitrogens with zero attached hydrogens (tertiary/aromatic N) is 6. The maximum atomic E-state index is 14.0. The van der Waals surface area contributed by atoms with Gasteiger partial charge < -0.3 is 19.5 Å². The summed E-state index contributed by atoms with van der Waals surface area (Å²) in [7, 11) is 3.42. The second-order valence-corrected chi connectivity index (χ2v) is 7.26. The van der Waals surface area contributed by atoms with Crippen molar-refractivity contribution in [2.45, 2.75) is 20.0 Å². The highest BCUT2D eigenvalue weighted by atomic mass is 127. The molecule has 2 aromatic rings. The number of aromatic nitrogens is 3. The van der Waals surface area contributed by atoms with Crippen molar-refractivity contribution < 1.29 is 9.13 Å². The summed E-state index contributed by atoms with van der Waals surface area (Å²) in [5.41, 5.74) is 0.943. The van der Waals surface area contributed by atoms with E-state index in [2.05, 4.69) is 31.9 Å². The van der Waals surface area contributed by atoms with E-state index in [4.69, 9.17) is 9.73 Å². The summed E-state index contributed by atoms with van der Waals surface area (Å²) < 4.78 is 20.9. The van der Waals surface area contributed by atoms with Crippen molar-refractivity contribution in [1.29, 1.82) is 0 Å². The molecule has 3 rings (SSSR count). The van der Waals surface area contributed by atoms with Gasteiger partial charge in [-0.15, -0.1) is 40.8 Å². The lowest BCUT2D eigenvalue weighted by Crippen LogP contribution is -2.52. The second-order valence-electron chi connectivity index (χ2n) is 7.26. The minimum Gasteiger partial charge on any atom is -0.494 e. The minimum atomic E-state index is -0.323. The molecule has 1 aliphatic rings. The summed E-state index contributed by atoms with van der Waals surface area (Å²) in [5, 5.41) is 11.6. The summed E-state index contributed by atoms with van der Waals surface area (Å²) in [6, 6.07) is 5.14. The molecule has 2 heterocycles. The Bertz CT molecular complexity index is 894. The fraction of sp³-hybridized carbons (Fsp3) is 0.476. The zero-order chi connectivity index (χ0) is 21.5. The lowest BCUT2D eigenvalue weighted by molar-refractivity contribution is 0.172. The number of aryl methyl sites for hydroxylation is 1. The van der Waals surface area contributed by atoms with E-state index in [-0.39, 0.29) is 35.5 Å². The Balaban J connectivity index is 0.00000341. The van der Waals surface area contributed by atoms with Gasteiger partial charge >= 0.3 is 0 Å². The molecule has 1 saturated heterocycles. The summed E-state index contributed by atoms with van der Waals surface area (Å²) in [6.07, 6.45) is 1.82. The van der Waals surface area contributed by atoms with Crippen molar-refractivity contribution in [3.8, 4) is 5.75 Å². The Hall–Kier alpha value is -2.21. The van der Waals surface area contributed by atoms with Crippen LogP contribution in [0.3, 0.4) is 0 Å². The van der Waals surface area contributed by atoms with Crippen molar-refractivity contribution in [2.24, 2.45) is 12.0 Å². The molecule has 0 saturated carbocycles. The number of guanidine groups is 1. The molecule has 31 heavy (non-hydrogen) atoms. The van der Waals surface area contributed by atoms with Gasteiger partial charge in [0.15, 0.2) is 23.4 Å². The Morgan fingerprint density at radius 2 is 2.03 bits per heavy atom. The van der Waals surface area contributed by atoms with E-state index in [1.807, 2.05) is 30.7 Å². The SMILES string of the molecule is C=CCNC(=NCc1nnc(C)n1C)N1CCN(Cc2ccc(OC)c(F)c2)CC1.I. The molecule has 0 aliphatic carbocycles. The molecule has 8 nitrogen and oxygen atoms in total. The molecule has 1 aromatic carbocycles. The fourth-order valence-corrected chi connectivity index (χ4v) is 3.35. The first-order valence-electron chi connectivity index (χ1n) is 10.1. The van der Waals surface area contributed by atoms with E-state index in [0.717, 1.165) is 49.4 Å². The van der Waals surface area contributed by atoms with Crippen LogP contribution in [0.25, 0.3) is 0 Å². The fourth-order valence-electron chi connectivity index (χ4n) is 3.35. The van der Waals surface area contributed by atoms with Crippen LogP contribution in [-0.2, 0) is 20.1 Å². The number of rotatable bonds is 7. The number of hydrogen-bond donors (Lipinski definition) is 1. The van der Waals surface area contributed by atoms with E-state index < -0.39 is 0 Å².